The summed E-state index contributed by atoms with van der Waals surface area (Å²) in [6.07, 6.45) is 2.67. The fourth-order valence-electron chi connectivity index (χ4n) is 2.48. The molecule has 6 heteroatoms. The summed E-state index contributed by atoms with van der Waals surface area (Å²) in [5.74, 6) is -0.0510. The Morgan fingerprint density at radius 3 is 2.65 bits per heavy atom. The van der Waals surface area contributed by atoms with Crippen LogP contribution < -0.4 is 11.0 Å². The summed E-state index contributed by atoms with van der Waals surface area (Å²) >= 11 is 0. The number of rotatable bonds is 5. The van der Waals surface area contributed by atoms with Gasteiger partial charge in [0.2, 0.25) is 5.91 Å². The quantitative estimate of drug-likeness (QED) is 0.882. The first kappa shape index (κ1) is 16.9. The van der Waals surface area contributed by atoms with Gasteiger partial charge >= 0.3 is 5.69 Å². The van der Waals surface area contributed by atoms with Gasteiger partial charge in [-0.05, 0) is 51.3 Å². The summed E-state index contributed by atoms with van der Waals surface area (Å²) in [5, 5.41) is 2.94. The molecule has 1 amide bonds. The third-order valence-corrected chi connectivity index (χ3v) is 3.81. The summed E-state index contributed by atoms with van der Waals surface area (Å²) in [4.78, 5) is 34.3. The van der Waals surface area contributed by atoms with E-state index in [4.69, 9.17) is 0 Å². The van der Waals surface area contributed by atoms with E-state index in [1.165, 1.54) is 0 Å². The van der Waals surface area contributed by atoms with Crippen molar-refractivity contribution in [1.82, 2.24) is 20.3 Å². The van der Waals surface area contributed by atoms with E-state index in [1.54, 1.807) is 13.1 Å². The van der Waals surface area contributed by atoms with Crippen molar-refractivity contribution in [3.05, 3.63) is 57.0 Å². The Hall–Kier alpha value is -2.50. The van der Waals surface area contributed by atoms with Crippen LogP contribution in [0.25, 0.3) is 0 Å². The van der Waals surface area contributed by atoms with Crippen molar-refractivity contribution < 1.29 is 4.79 Å². The smallest absolute Gasteiger partial charge is 0.345 e. The van der Waals surface area contributed by atoms with Crippen LogP contribution in [-0.2, 0) is 11.2 Å². The second kappa shape index (κ2) is 7.17. The predicted molar refractivity (Wildman–Crippen MR) is 88.2 cm³/mol. The van der Waals surface area contributed by atoms with Crippen LogP contribution in [-0.4, -0.2) is 20.9 Å². The summed E-state index contributed by atoms with van der Waals surface area (Å²) in [7, 11) is 0. The Labute approximate surface area is 135 Å². The highest BCUT2D eigenvalue weighted by Crippen LogP contribution is 2.12. The van der Waals surface area contributed by atoms with E-state index in [1.807, 2.05) is 32.9 Å². The molecule has 2 aromatic rings. The molecule has 1 atom stereocenters. The average molecular weight is 314 g/mol. The number of carbonyl (C=O) groups is 1. The molecular weight excluding hydrogens is 292 g/mol. The molecule has 0 aromatic carbocycles. The molecule has 0 spiro atoms. The van der Waals surface area contributed by atoms with E-state index in [2.05, 4.69) is 20.3 Å². The third-order valence-electron chi connectivity index (χ3n) is 3.81. The van der Waals surface area contributed by atoms with Crippen molar-refractivity contribution >= 4 is 5.91 Å². The van der Waals surface area contributed by atoms with Gasteiger partial charge < -0.3 is 10.3 Å². The maximum atomic E-state index is 12.1. The number of hydrogen-bond acceptors (Lipinski definition) is 4. The normalized spacial score (nSPS) is 12.0. The lowest BCUT2D eigenvalue weighted by molar-refractivity contribution is -0.121. The summed E-state index contributed by atoms with van der Waals surface area (Å²) in [5.41, 5.74) is 3.93. The molecular formula is C17H22N4O2. The maximum absolute atomic E-state index is 12.1. The largest absolute Gasteiger partial charge is 0.348 e. The van der Waals surface area contributed by atoms with Gasteiger partial charge in [0.25, 0.3) is 0 Å². The Balaban J connectivity index is 1.95. The monoisotopic (exact) mass is 314 g/mol. The lowest BCUT2D eigenvalue weighted by Crippen LogP contribution is -2.27. The third kappa shape index (κ3) is 4.48. The van der Waals surface area contributed by atoms with Crippen molar-refractivity contribution in [2.45, 2.75) is 46.6 Å². The lowest BCUT2D eigenvalue weighted by Gasteiger charge is -2.14. The molecule has 122 valence electrons. The molecule has 2 heterocycles. The first-order valence-corrected chi connectivity index (χ1v) is 7.65. The zero-order valence-corrected chi connectivity index (χ0v) is 13.9. The molecule has 0 unspecified atom stereocenters. The van der Waals surface area contributed by atoms with Crippen molar-refractivity contribution in [2.24, 2.45) is 0 Å². The average Bonchev–Trinajstić information content (AvgIpc) is 2.46. The molecule has 0 saturated carbocycles. The highest BCUT2D eigenvalue weighted by Gasteiger charge is 2.12. The van der Waals surface area contributed by atoms with Gasteiger partial charge in [-0.2, -0.15) is 4.98 Å². The Bertz CT molecular complexity index is 724. The molecule has 2 rings (SSSR count). The van der Waals surface area contributed by atoms with Crippen LogP contribution in [0.5, 0.6) is 0 Å². The number of nitrogens with zero attached hydrogens (tertiary/aromatic N) is 2. The summed E-state index contributed by atoms with van der Waals surface area (Å²) < 4.78 is 0. The number of aryl methyl sites for hydroxylation is 3. The minimum atomic E-state index is -0.354. The molecule has 0 aliphatic carbocycles. The van der Waals surface area contributed by atoms with Gasteiger partial charge in [-0.15, -0.1) is 0 Å². The predicted octanol–water partition coefficient (Wildman–Crippen LogP) is 1.90. The molecule has 6 nitrogen and oxygen atoms in total. The van der Waals surface area contributed by atoms with Gasteiger partial charge in [0.05, 0.1) is 11.7 Å². The number of amides is 1. The minimum absolute atomic E-state index is 0.0510. The van der Waals surface area contributed by atoms with E-state index in [0.717, 1.165) is 22.5 Å². The summed E-state index contributed by atoms with van der Waals surface area (Å²) in [6, 6.07) is 3.75. The molecule has 0 aliphatic rings. The Morgan fingerprint density at radius 2 is 2.04 bits per heavy atom. The SMILES string of the molecule is Cc1ccc([C@H](C)NC(=O)CCc2c(C)nc(=O)[nH]c2C)nc1. The Kier molecular flexibility index (Phi) is 5.26. The highest BCUT2D eigenvalue weighted by atomic mass is 16.1. The van der Waals surface area contributed by atoms with Gasteiger partial charge in [-0.25, -0.2) is 4.79 Å². The van der Waals surface area contributed by atoms with Gasteiger partial charge in [0, 0.05) is 24.0 Å². The molecule has 2 aromatic heterocycles. The molecule has 0 fully saturated rings. The second-order valence-electron chi connectivity index (χ2n) is 5.78. The number of carbonyl (C=O) groups excluding carboxylic acids is 1. The number of pyridine rings is 1. The zero-order valence-electron chi connectivity index (χ0n) is 13.9. The molecule has 0 bridgehead atoms. The van der Waals surface area contributed by atoms with Gasteiger partial charge in [-0.1, -0.05) is 6.07 Å². The fraction of sp³-hybridized carbons (Fsp3) is 0.412. The van der Waals surface area contributed by atoms with Crippen molar-refractivity contribution in [3.63, 3.8) is 0 Å². The molecule has 23 heavy (non-hydrogen) atoms. The van der Waals surface area contributed by atoms with Crippen LogP contribution in [0.4, 0.5) is 0 Å². The molecule has 2 N–H and O–H groups in total. The number of aromatic amines is 1. The maximum Gasteiger partial charge on any atom is 0.345 e. The molecule has 0 radical (unpaired) electrons. The van der Waals surface area contributed by atoms with Crippen molar-refractivity contribution in [2.75, 3.05) is 0 Å². The minimum Gasteiger partial charge on any atom is -0.348 e. The highest BCUT2D eigenvalue weighted by molar-refractivity contribution is 5.76. The van der Waals surface area contributed by atoms with Crippen LogP contribution in [0, 0.1) is 20.8 Å². The zero-order chi connectivity index (χ0) is 17.0. The second-order valence-corrected chi connectivity index (χ2v) is 5.78. The first-order chi connectivity index (χ1) is 10.9. The van der Waals surface area contributed by atoms with Gasteiger partial charge in [-0.3, -0.25) is 9.78 Å². The topological polar surface area (TPSA) is 87.7 Å². The van der Waals surface area contributed by atoms with E-state index < -0.39 is 0 Å². The van der Waals surface area contributed by atoms with Crippen LogP contribution in [0.2, 0.25) is 0 Å². The number of nitrogens with one attached hydrogen (secondary N) is 2. The standard InChI is InChI=1S/C17H22N4O2/c1-10-5-7-15(18-9-10)13(4)19-16(22)8-6-14-11(2)20-17(23)21-12(14)3/h5,7,9,13H,6,8H2,1-4H3,(H,19,22)(H,20,21,23)/t13-/m0/s1. The van der Waals surface area contributed by atoms with Gasteiger partial charge in [0.1, 0.15) is 0 Å². The van der Waals surface area contributed by atoms with Crippen molar-refractivity contribution in [1.29, 1.82) is 0 Å². The van der Waals surface area contributed by atoms with Gasteiger partial charge in [0.15, 0.2) is 0 Å². The van der Waals surface area contributed by atoms with E-state index >= 15 is 0 Å². The Morgan fingerprint density at radius 1 is 1.30 bits per heavy atom. The van der Waals surface area contributed by atoms with E-state index in [-0.39, 0.29) is 17.6 Å². The first-order valence-electron chi connectivity index (χ1n) is 7.65. The number of H-pyrrole nitrogens is 1. The molecule has 0 saturated heterocycles. The van der Waals surface area contributed by atoms with E-state index in [0.29, 0.717) is 18.5 Å². The molecule has 0 aliphatic heterocycles. The van der Waals surface area contributed by atoms with Crippen LogP contribution in [0.15, 0.2) is 23.1 Å². The van der Waals surface area contributed by atoms with Crippen LogP contribution in [0.3, 0.4) is 0 Å². The lowest BCUT2D eigenvalue weighted by atomic mass is 10.1. The van der Waals surface area contributed by atoms with Crippen molar-refractivity contribution in [3.8, 4) is 0 Å². The van der Waals surface area contributed by atoms with Crippen LogP contribution >= 0.6 is 0 Å². The summed E-state index contributed by atoms with van der Waals surface area (Å²) in [6.45, 7) is 7.49. The number of hydrogen-bond donors (Lipinski definition) is 2. The number of aromatic nitrogens is 3. The van der Waals surface area contributed by atoms with Crippen LogP contribution in [0.1, 0.15) is 47.6 Å². The fourth-order valence-corrected chi connectivity index (χ4v) is 2.48. The van der Waals surface area contributed by atoms with E-state index in [9.17, 15) is 9.59 Å².